The molecular weight excluding hydrogens is 294 g/mol. The smallest absolute Gasteiger partial charge is 0.219 e. The molecule has 0 saturated heterocycles. The first-order valence-corrected chi connectivity index (χ1v) is 7.38. The number of rotatable bonds is 18. The fourth-order valence-electron chi connectivity index (χ4n) is 1.29. The number of nitrogens with one attached hydrogen (secondary N) is 1. The summed E-state index contributed by atoms with van der Waals surface area (Å²) in [6, 6.07) is 0. The van der Waals surface area contributed by atoms with E-state index >= 15 is 0 Å². The van der Waals surface area contributed by atoms with Crippen LogP contribution in [0.2, 0.25) is 0 Å². The minimum absolute atomic E-state index is 0.234. The zero-order chi connectivity index (χ0) is 16.3. The van der Waals surface area contributed by atoms with E-state index in [1.165, 1.54) is 0 Å². The van der Waals surface area contributed by atoms with E-state index in [1.54, 1.807) is 0 Å². The molecule has 132 valence electrons. The van der Waals surface area contributed by atoms with Gasteiger partial charge in [-0.1, -0.05) is 0 Å². The van der Waals surface area contributed by atoms with Crippen molar-refractivity contribution in [1.29, 1.82) is 0 Å². The van der Waals surface area contributed by atoms with Crippen LogP contribution in [0.4, 0.5) is 0 Å². The second-order valence-electron chi connectivity index (χ2n) is 4.23. The zero-order valence-electron chi connectivity index (χ0n) is 13.1. The van der Waals surface area contributed by atoms with Crippen LogP contribution >= 0.6 is 0 Å². The number of hydrazine groups is 1. The Labute approximate surface area is 131 Å². The first-order chi connectivity index (χ1) is 10.8. The normalized spacial score (nSPS) is 11.0. The van der Waals surface area contributed by atoms with Crippen LogP contribution < -0.4 is 17.0 Å². The van der Waals surface area contributed by atoms with Gasteiger partial charge in [0.15, 0.2) is 0 Å². The van der Waals surface area contributed by atoms with Crippen LogP contribution in [0.25, 0.3) is 0 Å². The second-order valence-corrected chi connectivity index (χ2v) is 4.23. The summed E-state index contributed by atoms with van der Waals surface area (Å²) >= 11 is 0. The molecule has 0 unspecified atom stereocenters. The Morgan fingerprint density at radius 3 is 1.41 bits per heavy atom. The maximum absolute atomic E-state index is 10.4. The highest BCUT2D eigenvalue weighted by Gasteiger charge is 1.95. The fourth-order valence-corrected chi connectivity index (χ4v) is 1.29. The lowest BCUT2D eigenvalue weighted by Crippen LogP contribution is -2.26. The molecule has 0 rings (SSSR count). The van der Waals surface area contributed by atoms with Crippen molar-refractivity contribution in [3.8, 4) is 0 Å². The van der Waals surface area contributed by atoms with Gasteiger partial charge in [0.2, 0.25) is 5.91 Å². The molecule has 0 aromatic carbocycles. The van der Waals surface area contributed by atoms with Crippen molar-refractivity contribution in [2.75, 3.05) is 72.6 Å². The molecule has 0 aromatic heterocycles. The van der Waals surface area contributed by atoms with Gasteiger partial charge in [0, 0.05) is 13.0 Å². The van der Waals surface area contributed by atoms with Gasteiger partial charge in [-0.25, -0.2) is 0 Å². The summed E-state index contributed by atoms with van der Waals surface area (Å²) in [6.45, 7) is 5.55. The molecule has 0 aliphatic carbocycles. The van der Waals surface area contributed by atoms with Crippen LogP contribution in [0.5, 0.6) is 0 Å². The molecule has 9 heteroatoms. The highest BCUT2D eigenvalue weighted by Crippen LogP contribution is 1.85. The van der Waals surface area contributed by atoms with E-state index in [2.05, 4.69) is 5.43 Å². The number of nitrogens with two attached hydrogens (primary N) is 2. The van der Waals surface area contributed by atoms with Crippen molar-refractivity contribution in [2.45, 2.75) is 6.42 Å². The Hall–Kier alpha value is -0.810. The zero-order valence-corrected chi connectivity index (χ0v) is 13.1. The van der Waals surface area contributed by atoms with E-state index in [4.69, 9.17) is 35.3 Å². The van der Waals surface area contributed by atoms with E-state index in [9.17, 15) is 4.79 Å². The quantitative estimate of drug-likeness (QED) is 0.156. The highest BCUT2D eigenvalue weighted by molar-refractivity contribution is 5.73. The number of amides is 1. The molecule has 0 bridgehead atoms. The fraction of sp³-hybridized carbons (Fsp3) is 0.923. The third-order valence-electron chi connectivity index (χ3n) is 2.37. The number of carbonyl (C=O) groups is 1. The molecule has 9 nitrogen and oxygen atoms in total. The summed E-state index contributed by atoms with van der Waals surface area (Å²) in [5, 5.41) is 0. The molecule has 22 heavy (non-hydrogen) atoms. The summed E-state index contributed by atoms with van der Waals surface area (Å²) < 4.78 is 26.3. The van der Waals surface area contributed by atoms with Gasteiger partial charge in [0.1, 0.15) is 0 Å². The maximum atomic E-state index is 10.4. The van der Waals surface area contributed by atoms with Gasteiger partial charge in [-0.2, -0.15) is 0 Å². The summed E-state index contributed by atoms with van der Waals surface area (Å²) in [6.07, 6.45) is 0.234. The Balaban J connectivity index is 2.95. The van der Waals surface area contributed by atoms with E-state index in [-0.39, 0.29) is 12.3 Å². The van der Waals surface area contributed by atoms with Crippen LogP contribution in [0.1, 0.15) is 6.42 Å². The predicted molar refractivity (Wildman–Crippen MR) is 80.1 cm³/mol. The first-order valence-electron chi connectivity index (χ1n) is 7.38. The third-order valence-corrected chi connectivity index (χ3v) is 2.37. The van der Waals surface area contributed by atoms with Crippen molar-refractivity contribution in [1.82, 2.24) is 5.43 Å². The van der Waals surface area contributed by atoms with Crippen LogP contribution in [-0.4, -0.2) is 78.5 Å². The molecule has 0 aliphatic rings. The molecule has 1 amide bonds. The Morgan fingerprint density at radius 2 is 1.05 bits per heavy atom. The molecule has 5 N–H and O–H groups in total. The Morgan fingerprint density at radius 1 is 0.682 bits per heavy atom. The van der Waals surface area contributed by atoms with Crippen molar-refractivity contribution >= 4 is 5.91 Å². The van der Waals surface area contributed by atoms with Gasteiger partial charge < -0.3 is 29.4 Å². The highest BCUT2D eigenvalue weighted by atomic mass is 16.6. The molecule has 0 fully saturated rings. The van der Waals surface area contributed by atoms with Gasteiger partial charge >= 0.3 is 0 Å². The van der Waals surface area contributed by atoms with Gasteiger partial charge in [-0.15, -0.1) is 0 Å². The lowest BCUT2D eigenvalue weighted by Gasteiger charge is -2.07. The van der Waals surface area contributed by atoms with Gasteiger partial charge in [-0.05, 0) is 0 Å². The number of ether oxygens (including phenoxy) is 5. The van der Waals surface area contributed by atoms with Crippen molar-refractivity contribution in [3.05, 3.63) is 0 Å². The molecular formula is C13H29N3O6. The van der Waals surface area contributed by atoms with E-state index in [1.807, 2.05) is 0 Å². The summed E-state index contributed by atoms with van der Waals surface area (Å²) in [5.74, 6) is 4.72. The largest absolute Gasteiger partial charge is 0.379 e. The Kier molecular flexibility index (Phi) is 17.6. The topological polar surface area (TPSA) is 127 Å². The van der Waals surface area contributed by atoms with Gasteiger partial charge in [0.05, 0.1) is 66.1 Å². The van der Waals surface area contributed by atoms with Crippen LogP contribution in [0.3, 0.4) is 0 Å². The molecule has 0 spiro atoms. The average molecular weight is 323 g/mol. The minimum Gasteiger partial charge on any atom is -0.379 e. The van der Waals surface area contributed by atoms with Crippen LogP contribution in [-0.2, 0) is 28.5 Å². The summed E-state index contributed by atoms with van der Waals surface area (Å²) in [7, 11) is 0. The van der Waals surface area contributed by atoms with Crippen molar-refractivity contribution < 1.29 is 28.5 Å². The van der Waals surface area contributed by atoms with E-state index < -0.39 is 0 Å². The summed E-state index contributed by atoms with van der Waals surface area (Å²) in [5.41, 5.74) is 7.47. The monoisotopic (exact) mass is 323 g/mol. The SMILES string of the molecule is NNCCOCCOCCOCCOCCOCCC(N)=O. The average Bonchev–Trinajstić information content (AvgIpc) is 2.50. The summed E-state index contributed by atoms with van der Waals surface area (Å²) in [4.78, 5) is 10.4. The molecule has 0 heterocycles. The first kappa shape index (κ1) is 21.2. The minimum atomic E-state index is -0.365. The molecule has 0 atom stereocenters. The number of carbonyl (C=O) groups excluding carboxylic acids is 1. The van der Waals surface area contributed by atoms with Crippen molar-refractivity contribution in [2.24, 2.45) is 11.6 Å². The van der Waals surface area contributed by atoms with E-state index in [0.717, 1.165) is 0 Å². The van der Waals surface area contributed by atoms with Gasteiger partial charge in [-0.3, -0.25) is 16.1 Å². The molecule has 0 saturated carbocycles. The number of hydrogen-bond acceptors (Lipinski definition) is 8. The third kappa shape index (κ3) is 19.2. The lowest BCUT2D eigenvalue weighted by molar-refractivity contribution is -0.119. The standard InChI is InChI=1S/C13H29N3O6/c14-13(17)1-3-18-5-7-20-9-11-22-12-10-21-8-6-19-4-2-16-15/h16H,1-12,15H2,(H2,14,17). The predicted octanol–water partition coefficient (Wildman–Crippen LogP) is -1.59. The number of hydrogen-bond donors (Lipinski definition) is 3. The number of primary amides is 1. The van der Waals surface area contributed by atoms with E-state index in [0.29, 0.717) is 72.6 Å². The lowest BCUT2D eigenvalue weighted by atomic mass is 10.4. The van der Waals surface area contributed by atoms with Crippen LogP contribution in [0.15, 0.2) is 0 Å². The van der Waals surface area contributed by atoms with Crippen LogP contribution in [0, 0.1) is 0 Å². The Bertz CT molecular complexity index is 246. The molecule has 0 radical (unpaired) electrons. The maximum Gasteiger partial charge on any atom is 0.219 e. The molecule has 0 aliphatic heterocycles. The second kappa shape index (κ2) is 18.2. The van der Waals surface area contributed by atoms with Crippen molar-refractivity contribution in [3.63, 3.8) is 0 Å². The van der Waals surface area contributed by atoms with Gasteiger partial charge in [0.25, 0.3) is 0 Å². The molecule has 0 aromatic rings.